The first kappa shape index (κ1) is 13.2. The quantitative estimate of drug-likeness (QED) is 0.904. The van der Waals surface area contributed by atoms with Crippen LogP contribution in [0.3, 0.4) is 0 Å². The lowest BCUT2D eigenvalue weighted by molar-refractivity contribution is 0.102. The molecular formula is C13H12ClN3O2. The van der Waals surface area contributed by atoms with Gasteiger partial charge in [-0.15, -0.1) is 0 Å². The summed E-state index contributed by atoms with van der Waals surface area (Å²) in [5.41, 5.74) is 6.81. The minimum absolute atomic E-state index is 0.293. The fourth-order valence-corrected chi connectivity index (χ4v) is 1.68. The third-order valence-electron chi connectivity index (χ3n) is 2.52. The van der Waals surface area contributed by atoms with Crippen LogP contribution in [0, 0.1) is 0 Å². The predicted molar refractivity (Wildman–Crippen MR) is 74.6 cm³/mol. The van der Waals surface area contributed by atoms with Gasteiger partial charge in [0.2, 0.25) is 0 Å². The largest absolute Gasteiger partial charge is 0.497 e. The number of hydrogen-bond acceptors (Lipinski definition) is 4. The van der Waals surface area contributed by atoms with Gasteiger partial charge >= 0.3 is 0 Å². The van der Waals surface area contributed by atoms with Gasteiger partial charge in [0.25, 0.3) is 5.91 Å². The Bertz CT molecular complexity index is 617. The van der Waals surface area contributed by atoms with Crippen molar-refractivity contribution in [2.75, 3.05) is 18.2 Å². The van der Waals surface area contributed by atoms with Crippen LogP contribution in [-0.4, -0.2) is 18.0 Å². The van der Waals surface area contributed by atoms with Crippen molar-refractivity contribution in [2.24, 2.45) is 0 Å². The fraction of sp³-hybridized carbons (Fsp3) is 0.0769. The van der Waals surface area contributed by atoms with Gasteiger partial charge in [0, 0.05) is 24.1 Å². The summed E-state index contributed by atoms with van der Waals surface area (Å²) in [5.74, 6) is 0.222. The number of nitrogen functional groups attached to an aromatic ring is 1. The van der Waals surface area contributed by atoms with E-state index in [0.717, 1.165) is 0 Å². The van der Waals surface area contributed by atoms with Gasteiger partial charge in [0.15, 0.2) is 0 Å². The maximum atomic E-state index is 12.1. The van der Waals surface area contributed by atoms with E-state index < -0.39 is 0 Å². The van der Waals surface area contributed by atoms with E-state index in [1.165, 1.54) is 19.5 Å². The molecule has 0 saturated heterocycles. The number of amides is 1. The standard InChI is InChI=1S/C13H12ClN3O2/c1-19-8-2-3-10(14)12(6-8)17-13(18)9-7-16-5-4-11(9)15/h2-7H,1H3,(H2,15,16)(H,17,18). The lowest BCUT2D eigenvalue weighted by Crippen LogP contribution is -2.14. The topological polar surface area (TPSA) is 77.2 Å². The summed E-state index contributed by atoms with van der Waals surface area (Å²) in [7, 11) is 1.54. The van der Waals surface area contributed by atoms with Crippen LogP contribution in [0.15, 0.2) is 36.7 Å². The summed E-state index contributed by atoms with van der Waals surface area (Å²) in [6.07, 6.45) is 2.92. The van der Waals surface area contributed by atoms with Crippen molar-refractivity contribution in [1.82, 2.24) is 4.98 Å². The smallest absolute Gasteiger partial charge is 0.259 e. The zero-order chi connectivity index (χ0) is 13.8. The van der Waals surface area contributed by atoms with Gasteiger partial charge in [-0.1, -0.05) is 11.6 Å². The number of anilines is 2. The van der Waals surface area contributed by atoms with Gasteiger partial charge < -0.3 is 15.8 Å². The number of nitrogens with one attached hydrogen (secondary N) is 1. The van der Waals surface area contributed by atoms with Crippen LogP contribution in [0.4, 0.5) is 11.4 Å². The summed E-state index contributed by atoms with van der Waals surface area (Å²) in [4.78, 5) is 15.9. The minimum Gasteiger partial charge on any atom is -0.497 e. The SMILES string of the molecule is COc1ccc(Cl)c(NC(=O)c2cnccc2N)c1. The Morgan fingerprint density at radius 3 is 2.89 bits per heavy atom. The Hall–Kier alpha value is -2.27. The number of carbonyl (C=O) groups is 1. The maximum absolute atomic E-state index is 12.1. The molecule has 0 saturated carbocycles. The lowest BCUT2D eigenvalue weighted by atomic mass is 10.2. The average molecular weight is 278 g/mol. The van der Waals surface area contributed by atoms with Crippen molar-refractivity contribution in [2.45, 2.75) is 0 Å². The van der Waals surface area contributed by atoms with E-state index in [4.69, 9.17) is 22.1 Å². The summed E-state index contributed by atoms with van der Waals surface area (Å²) in [6, 6.07) is 6.54. The molecule has 0 spiro atoms. The molecule has 3 N–H and O–H groups in total. The Morgan fingerprint density at radius 1 is 1.42 bits per heavy atom. The van der Waals surface area contributed by atoms with Crippen molar-refractivity contribution in [1.29, 1.82) is 0 Å². The average Bonchev–Trinajstić information content (AvgIpc) is 2.41. The zero-order valence-corrected chi connectivity index (χ0v) is 10.9. The molecule has 0 aliphatic rings. The van der Waals surface area contributed by atoms with E-state index in [-0.39, 0.29) is 5.91 Å². The number of rotatable bonds is 3. The molecule has 0 unspecified atom stereocenters. The molecule has 2 rings (SSSR count). The van der Waals surface area contributed by atoms with E-state index in [2.05, 4.69) is 10.3 Å². The lowest BCUT2D eigenvalue weighted by Gasteiger charge is -2.10. The fourth-order valence-electron chi connectivity index (χ4n) is 1.51. The number of pyridine rings is 1. The molecule has 1 aromatic carbocycles. The van der Waals surface area contributed by atoms with Gasteiger partial charge in [-0.3, -0.25) is 9.78 Å². The predicted octanol–water partition coefficient (Wildman–Crippen LogP) is 2.58. The van der Waals surface area contributed by atoms with Crippen molar-refractivity contribution < 1.29 is 9.53 Å². The molecule has 0 bridgehead atoms. The highest BCUT2D eigenvalue weighted by molar-refractivity contribution is 6.34. The second-order valence-electron chi connectivity index (χ2n) is 3.76. The molecule has 0 aliphatic carbocycles. The number of aromatic nitrogens is 1. The molecule has 0 fully saturated rings. The first-order valence-electron chi connectivity index (χ1n) is 5.46. The third-order valence-corrected chi connectivity index (χ3v) is 2.85. The van der Waals surface area contributed by atoms with Crippen LogP contribution in [-0.2, 0) is 0 Å². The molecule has 6 heteroatoms. The second kappa shape index (κ2) is 5.58. The maximum Gasteiger partial charge on any atom is 0.259 e. The van der Waals surface area contributed by atoms with E-state index >= 15 is 0 Å². The van der Waals surface area contributed by atoms with Crippen LogP contribution in [0.5, 0.6) is 5.75 Å². The molecule has 19 heavy (non-hydrogen) atoms. The highest BCUT2D eigenvalue weighted by Gasteiger charge is 2.12. The summed E-state index contributed by atoms with van der Waals surface area (Å²) in [5, 5.41) is 3.08. The van der Waals surface area contributed by atoms with Crippen molar-refractivity contribution >= 4 is 28.9 Å². The third kappa shape index (κ3) is 2.95. The molecule has 0 radical (unpaired) electrons. The van der Waals surface area contributed by atoms with E-state index in [9.17, 15) is 4.79 Å². The Balaban J connectivity index is 2.26. The van der Waals surface area contributed by atoms with Crippen LogP contribution in [0.25, 0.3) is 0 Å². The minimum atomic E-state index is -0.374. The zero-order valence-electron chi connectivity index (χ0n) is 10.2. The van der Waals surface area contributed by atoms with Gasteiger partial charge in [-0.25, -0.2) is 0 Å². The van der Waals surface area contributed by atoms with E-state index in [0.29, 0.717) is 27.7 Å². The first-order valence-corrected chi connectivity index (χ1v) is 5.84. The summed E-state index contributed by atoms with van der Waals surface area (Å²) < 4.78 is 5.07. The first-order chi connectivity index (χ1) is 9.11. The van der Waals surface area contributed by atoms with Gasteiger partial charge in [0.05, 0.1) is 23.4 Å². The second-order valence-corrected chi connectivity index (χ2v) is 4.17. The van der Waals surface area contributed by atoms with Gasteiger partial charge in [0.1, 0.15) is 5.75 Å². The summed E-state index contributed by atoms with van der Waals surface area (Å²) >= 11 is 6.01. The Morgan fingerprint density at radius 2 is 2.21 bits per heavy atom. The molecule has 0 atom stereocenters. The molecule has 98 valence electrons. The van der Waals surface area contributed by atoms with Crippen molar-refractivity contribution in [3.8, 4) is 5.75 Å². The monoisotopic (exact) mass is 277 g/mol. The van der Waals surface area contributed by atoms with Gasteiger partial charge in [-0.05, 0) is 18.2 Å². The summed E-state index contributed by atoms with van der Waals surface area (Å²) in [6.45, 7) is 0. The molecule has 0 aliphatic heterocycles. The molecule has 2 aromatic rings. The molecular weight excluding hydrogens is 266 g/mol. The van der Waals surface area contributed by atoms with Crippen LogP contribution < -0.4 is 15.8 Å². The van der Waals surface area contributed by atoms with Crippen LogP contribution in [0.2, 0.25) is 5.02 Å². The number of nitrogens with two attached hydrogens (primary N) is 1. The number of ether oxygens (including phenoxy) is 1. The highest BCUT2D eigenvalue weighted by atomic mass is 35.5. The number of benzene rings is 1. The Kier molecular flexibility index (Phi) is 3.87. The number of hydrogen-bond donors (Lipinski definition) is 2. The number of carbonyl (C=O) groups excluding carboxylic acids is 1. The number of halogens is 1. The highest BCUT2D eigenvalue weighted by Crippen LogP contribution is 2.27. The van der Waals surface area contributed by atoms with E-state index in [1.54, 1.807) is 24.3 Å². The van der Waals surface area contributed by atoms with Crippen molar-refractivity contribution in [3.63, 3.8) is 0 Å². The number of methoxy groups -OCH3 is 1. The van der Waals surface area contributed by atoms with Crippen LogP contribution >= 0.6 is 11.6 Å². The Labute approximate surface area is 115 Å². The van der Waals surface area contributed by atoms with Crippen LogP contribution in [0.1, 0.15) is 10.4 Å². The molecule has 1 heterocycles. The normalized spacial score (nSPS) is 10.0. The molecule has 5 nitrogen and oxygen atoms in total. The molecule has 1 amide bonds. The van der Waals surface area contributed by atoms with Crippen molar-refractivity contribution in [3.05, 3.63) is 47.2 Å². The number of nitrogens with zero attached hydrogens (tertiary/aromatic N) is 1. The van der Waals surface area contributed by atoms with Gasteiger partial charge in [-0.2, -0.15) is 0 Å². The van der Waals surface area contributed by atoms with E-state index in [1.807, 2.05) is 0 Å². The molecule has 1 aromatic heterocycles.